The van der Waals surface area contributed by atoms with Crippen molar-refractivity contribution in [2.45, 2.75) is 128 Å². The van der Waals surface area contributed by atoms with Crippen LogP contribution in [0.5, 0.6) is 0 Å². The number of rotatable bonds is 32. The molecule has 1 atom stereocenters. The van der Waals surface area contributed by atoms with E-state index in [1.807, 2.05) is 152 Å². The van der Waals surface area contributed by atoms with Gasteiger partial charge in [0, 0.05) is 74.6 Å². The lowest BCUT2D eigenvalue weighted by Gasteiger charge is -2.44. The maximum Gasteiger partial charge on any atom is 0.410 e. The average Bonchev–Trinajstić information content (AvgIpc) is 0.758. The van der Waals surface area contributed by atoms with Crippen molar-refractivity contribution in [3.8, 4) is 0 Å². The zero-order valence-electron chi connectivity index (χ0n) is 65.7. The number of ether oxygens (including phenoxy) is 5. The lowest BCUT2D eigenvalue weighted by Crippen LogP contribution is -2.67. The molecule has 0 radical (unpaired) electrons. The Bertz CT molecular complexity index is 3960. The van der Waals surface area contributed by atoms with Crippen LogP contribution in [0.2, 0.25) is 15.1 Å². The van der Waals surface area contributed by atoms with Gasteiger partial charge in [0.15, 0.2) is 11.6 Å². The minimum atomic E-state index is -2.70. The van der Waals surface area contributed by atoms with Gasteiger partial charge >= 0.3 is 18.3 Å². The number of Topliss-reactive ketones (excluding diaryl/α,β-unsaturated/α-hetero) is 1. The first-order valence-corrected chi connectivity index (χ1v) is 42.7. The molecule has 9 rings (SSSR count). The summed E-state index contributed by atoms with van der Waals surface area (Å²) in [5.41, 5.74) is 2.76. The van der Waals surface area contributed by atoms with Crippen LogP contribution in [-0.4, -0.2) is 156 Å². The van der Waals surface area contributed by atoms with Gasteiger partial charge in [-0.15, -0.1) is 0 Å². The smallest absolute Gasteiger partial charge is 0.410 e. The van der Waals surface area contributed by atoms with E-state index in [-0.39, 0.29) is 66.8 Å². The average molecular weight is 1520 g/mol. The van der Waals surface area contributed by atoms with Crippen molar-refractivity contribution in [3.05, 3.63) is 290 Å². The predicted molar refractivity (Wildman–Crippen MR) is 440 cm³/mol. The highest BCUT2D eigenvalue weighted by molar-refractivity contribution is 7.00. The van der Waals surface area contributed by atoms with Crippen LogP contribution in [0.25, 0.3) is 0 Å². The predicted octanol–water partition coefficient (Wildman–Crippen LogP) is 14.6. The van der Waals surface area contributed by atoms with Crippen LogP contribution in [0.3, 0.4) is 0 Å². The SMILES string of the molecule is CN(CC(=O)CCO[Si](c1ccccc1)(c1ccccc1)C(C)(C)C)C(=O)OCc1ccccc1.CN(CC(O)CCO[Si](c1ccccc1)(c1ccccc1)C(C)(C)C)C(=O)OCc1ccccc1.COC(CCO[Si](c1ccccc1)(c1ccccc1)C(C)(C)C)(CN(C)C(=O)OCc1ccccc1)OC. The van der Waals surface area contributed by atoms with Gasteiger partial charge in [-0.1, -0.05) is 335 Å². The Hall–Kier alpha value is -9.13. The number of carbonyl (C=O) groups excluding carboxylic acids is 4. The first-order valence-electron chi connectivity index (χ1n) is 37.0. The van der Waals surface area contributed by atoms with Gasteiger partial charge in [-0.05, 0) is 69.3 Å². The Morgan fingerprint density at radius 2 is 0.620 bits per heavy atom. The van der Waals surface area contributed by atoms with Crippen LogP contribution in [0, 0.1) is 0 Å². The number of ketones is 1. The largest absolute Gasteiger partial charge is 0.445 e. The minimum Gasteiger partial charge on any atom is -0.445 e. The van der Waals surface area contributed by atoms with Crippen molar-refractivity contribution in [2.24, 2.45) is 0 Å². The van der Waals surface area contributed by atoms with E-state index < -0.39 is 55.1 Å². The van der Waals surface area contributed by atoms with Crippen molar-refractivity contribution in [2.75, 3.05) is 74.8 Å². The molecule has 0 aromatic heterocycles. The standard InChI is InChI=1S/C31H41NO5Si.C29H37NO4Si.C29H35NO4Si/c1-30(2,3)38(27-18-12-8-13-19-27,28-20-14-9-15-21-28)37-23-22-31(34-5,35-6)25-32(4)29(33)36-24-26-16-10-7-11-17-26;2*1-29(2,3)35(26-16-10-6-11-17-26,27-18-12-7-13-19-27)34-21-20-25(31)22-30(4)28(32)33-23-24-14-8-5-9-15-24/h7-21H,22-25H2,1-6H3;5-19,25,31H,20-23H2,1-4H3;5-19H,20-23H2,1-4H3. The van der Waals surface area contributed by atoms with Crippen LogP contribution in [-0.2, 0) is 61.6 Å². The number of methoxy groups -OCH3 is 2. The summed E-state index contributed by atoms with van der Waals surface area (Å²) in [6.07, 6.45) is -1.07. The van der Waals surface area contributed by atoms with Crippen molar-refractivity contribution in [3.63, 3.8) is 0 Å². The van der Waals surface area contributed by atoms with Gasteiger partial charge in [-0.25, -0.2) is 14.4 Å². The summed E-state index contributed by atoms with van der Waals surface area (Å²) in [5.74, 6) is -1.12. The summed E-state index contributed by atoms with van der Waals surface area (Å²) >= 11 is 0. The first-order chi connectivity index (χ1) is 51.6. The lowest BCUT2D eigenvalue weighted by atomic mass is 10.2. The van der Waals surface area contributed by atoms with Crippen molar-refractivity contribution < 1.29 is 61.2 Å². The Balaban J connectivity index is 0.000000226. The van der Waals surface area contributed by atoms with E-state index in [2.05, 4.69) is 184 Å². The quantitative estimate of drug-likeness (QED) is 0.0240. The van der Waals surface area contributed by atoms with Crippen LogP contribution in [0.15, 0.2) is 273 Å². The number of hydrogen-bond acceptors (Lipinski definition) is 13. The zero-order chi connectivity index (χ0) is 78.3. The van der Waals surface area contributed by atoms with E-state index in [0.29, 0.717) is 32.7 Å². The molecule has 1 N–H and O–H groups in total. The zero-order valence-corrected chi connectivity index (χ0v) is 68.7. The molecule has 0 fully saturated rings. The molecule has 16 nitrogen and oxygen atoms in total. The monoisotopic (exact) mass is 1520 g/mol. The summed E-state index contributed by atoms with van der Waals surface area (Å²) in [5, 5.41) is 17.4. The summed E-state index contributed by atoms with van der Waals surface area (Å²) < 4.78 is 48.5. The second-order valence-corrected chi connectivity index (χ2v) is 43.0. The number of carbonyl (C=O) groups is 4. The summed E-state index contributed by atoms with van der Waals surface area (Å²) in [6, 6.07) is 91.2. The first kappa shape index (κ1) is 86.1. The molecule has 0 saturated heterocycles. The summed E-state index contributed by atoms with van der Waals surface area (Å²) in [7, 11) is 0.0523. The second-order valence-electron chi connectivity index (χ2n) is 30.0. The minimum absolute atomic E-state index is 0.0161. The van der Waals surface area contributed by atoms with E-state index in [4.69, 9.17) is 37.0 Å². The Morgan fingerprint density at radius 3 is 0.907 bits per heavy atom. The molecule has 0 aliphatic carbocycles. The molecule has 0 aliphatic heterocycles. The van der Waals surface area contributed by atoms with Gasteiger partial charge in [-0.3, -0.25) is 4.79 Å². The maximum atomic E-state index is 12.7. The summed E-state index contributed by atoms with van der Waals surface area (Å²) in [6.45, 7) is 22.0. The number of aliphatic hydroxyl groups is 1. The normalized spacial score (nSPS) is 12.2. The highest BCUT2D eigenvalue weighted by Gasteiger charge is 2.53. The molecule has 108 heavy (non-hydrogen) atoms. The molecule has 3 amide bonds. The molecule has 0 spiro atoms. The third-order valence-electron chi connectivity index (χ3n) is 19.2. The van der Waals surface area contributed by atoms with E-state index >= 15 is 0 Å². The molecule has 574 valence electrons. The molecule has 1 unspecified atom stereocenters. The van der Waals surface area contributed by atoms with Gasteiger partial charge < -0.3 is 56.8 Å². The van der Waals surface area contributed by atoms with Crippen LogP contribution in [0.1, 0.15) is 98.3 Å². The Labute approximate surface area is 645 Å². The molecule has 19 heteroatoms. The fraction of sp³-hybridized carbons (Fsp3) is 0.348. The number of likely N-dealkylation sites (N-methyl/N-ethyl adjacent to an activating group) is 3. The van der Waals surface area contributed by atoms with E-state index in [1.54, 1.807) is 35.4 Å². The molecule has 9 aromatic carbocycles. The fourth-order valence-electron chi connectivity index (χ4n) is 13.6. The topological polar surface area (TPSA) is 172 Å². The van der Waals surface area contributed by atoms with Crippen molar-refractivity contribution >= 4 is 80.1 Å². The number of aliphatic hydroxyl groups excluding tert-OH is 1. The molecule has 0 bridgehead atoms. The van der Waals surface area contributed by atoms with Gasteiger partial charge in [0.05, 0.1) is 19.2 Å². The van der Waals surface area contributed by atoms with E-state index in [1.165, 1.54) is 45.8 Å². The molecule has 0 saturated carbocycles. The molecular formula is C89H113N3O13Si3. The van der Waals surface area contributed by atoms with E-state index in [9.17, 15) is 24.3 Å². The lowest BCUT2D eigenvalue weighted by molar-refractivity contribution is -0.219. The van der Waals surface area contributed by atoms with Crippen LogP contribution in [0.4, 0.5) is 14.4 Å². The van der Waals surface area contributed by atoms with Crippen molar-refractivity contribution in [1.82, 2.24) is 14.7 Å². The van der Waals surface area contributed by atoms with Crippen molar-refractivity contribution in [1.29, 1.82) is 0 Å². The molecule has 0 aliphatic rings. The fourth-order valence-corrected chi connectivity index (χ4v) is 27.3. The number of hydrogen-bond donors (Lipinski definition) is 1. The number of nitrogens with zero attached hydrogens (tertiary/aromatic N) is 3. The molecule has 0 heterocycles. The third-order valence-corrected chi connectivity index (χ3v) is 34.3. The second kappa shape index (κ2) is 41.4. The Kier molecular flexibility index (Phi) is 33.0. The highest BCUT2D eigenvalue weighted by Crippen LogP contribution is 2.40. The third kappa shape index (κ3) is 23.7. The molecule has 9 aromatic rings. The number of amides is 3. The van der Waals surface area contributed by atoms with Gasteiger partial charge in [0.2, 0.25) is 0 Å². The highest BCUT2D eigenvalue weighted by atomic mass is 28.4. The van der Waals surface area contributed by atoms with Crippen LogP contribution >= 0.6 is 0 Å². The Morgan fingerprint density at radius 1 is 0.361 bits per heavy atom. The number of benzene rings is 9. The van der Waals surface area contributed by atoms with Crippen LogP contribution < -0.4 is 31.1 Å². The molecular weight excluding hydrogens is 1400 g/mol. The van der Waals surface area contributed by atoms with Gasteiger partial charge in [0.1, 0.15) is 19.8 Å². The summed E-state index contributed by atoms with van der Waals surface area (Å²) in [4.78, 5) is 54.3. The maximum absolute atomic E-state index is 12.7. The van der Waals surface area contributed by atoms with Gasteiger partial charge in [-0.2, -0.15) is 0 Å². The van der Waals surface area contributed by atoms with Gasteiger partial charge in [0.25, 0.3) is 25.0 Å². The van der Waals surface area contributed by atoms with E-state index in [0.717, 1.165) is 16.7 Å².